The van der Waals surface area contributed by atoms with E-state index in [9.17, 15) is 0 Å². The fourth-order valence-corrected chi connectivity index (χ4v) is 2.57. The molecule has 1 heterocycles. The Bertz CT molecular complexity index is 835. The SMILES string of the molecule is COc1ccc(-n2cccc2C=Nc2ccc(Br)c(C)c2)cc1. The van der Waals surface area contributed by atoms with E-state index in [1.807, 2.05) is 60.9 Å². The second-order valence-corrected chi connectivity index (χ2v) is 6.05. The van der Waals surface area contributed by atoms with Crippen molar-refractivity contribution in [3.63, 3.8) is 0 Å². The third kappa shape index (κ3) is 3.54. The molecule has 0 aliphatic carbocycles. The zero-order valence-corrected chi connectivity index (χ0v) is 14.6. The zero-order chi connectivity index (χ0) is 16.2. The predicted octanol–water partition coefficient (Wildman–Crippen LogP) is 5.31. The van der Waals surface area contributed by atoms with Crippen LogP contribution in [0.5, 0.6) is 5.75 Å². The number of aryl methyl sites for hydroxylation is 1. The largest absolute Gasteiger partial charge is 0.497 e. The molecule has 1 aromatic heterocycles. The van der Waals surface area contributed by atoms with Crippen LogP contribution in [0.25, 0.3) is 5.69 Å². The molecule has 0 saturated heterocycles. The molecule has 0 fully saturated rings. The molecule has 3 nitrogen and oxygen atoms in total. The molecular weight excluding hydrogens is 352 g/mol. The van der Waals surface area contributed by atoms with Gasteiger partial charge in [-0.2, -0.15) is 0 Å². The van der Waals surface area contributed by atoms with Crippen LogP contribution in [-0.4, -0.2) is 17.9 Å². The molecule has 0 saturated carbocycles. The van der Waals surface area contributed by atoms with Crippen LogP contribution in [-0.2, 0) is 0 Å². The molecule has 0 aliphatic heterocycles. The summed E-state index contributed by atoms with van der Waals surface area (Å²) in [7, 11) is 1.67. The van der Waals surface area contributed by atoms with E-state index < -0.39 is 0 Å². The van der Waals surface area contributed by atoms with Crippen LogP contribution in [0.15, 0.2) is 70.3 Å². The van der Waals surface area contributed by atoms with Crippen LogP contribution < -0.4 is 4.74 Å². The Morgan fingerprint density at radius 2 is 1.87 bits per heavy atom. The second-order valence-electron chi connectivity index (χ2n) is 5.19. The summed E-state index contributed by atoms with van der Waals surface area (Å²) in [6.45, 7) is 2.06. The van der Waals surface area contributed by atoms with E-state index in [4.69, 9.17) is 4.74 Å². The summed E-state index contributed by atoms with van der Waals surface area (Å²) in [5.41, 5.74) is 4.21. The lowest BCUT2D eigenvalue weighted by atomic mass is 10.2. The molecule has 116 valence electrons. The fraction of sp³-hybridized carbons (Fsp3) is 0.105. The second kappa shape index (κ2) is 6.84. The molecule has 0 bridgehead atoms. The molecule has 3 rings (SSSR count). The average Bonchev–Trinajstić information content (AvgIpc) is 3.04. The topological polar surface area (TPSA) is 26.5 Å². The van der Waals surface area contributed by atoms with Gasteiger partial charge in [0.25, 0.3) is 0 Å². The van der Waals surface area contributed by atoms with Gasteiger partial charge in [0.15, 0.2) is 0 Å². The molecular formula is C19H17BrN2O. The lowest BCUT2D eigenvalue weighted by Crippen LogP contribution is -1.97. The first-order valence-corrected chi connectivity index (χ1v) is 8.08. The van der Waals surface area contributed by atoms with Gasteiger partial charge in [0.1, 0.15) is 5.75 Å². The summed E-state index contributed by atoms with van der Waals surface area (Å²) in [6, 6.07) is 18.1. The van der Waals surface area contributed by atoms with Gasteiger partial charge >= 0.3 is 0 Å². The number of aliphatic imine (C=N–C) groups is 1. The van der Waals surface area contributed by atoms with Gasteiger partial charge in [0, 0.05) is 16.4 Å². The van der Waals surface area contributed by atoms with E-state index in [0.717, 1.165) is 27.3 Å². The van der Waals surface area contributed by atoms with Gasteiger partial charge in [-0.15, -0.1) is 0 Å². The third-order valence-electron chi connectivity index (χ3n) is 3.62. The van der Waals surface area contributed by atoms with Crippen LogP contribution in [0.3, 0.4) is 0 Å². The molecule has 2 aromatic carbocycles. The summed E-state index contributed by atoms with van der Waals surface area (Å²) in [4.78, 5) is 4.58. The van der Waals surface area contributed by atoms with Gasteiger partial charge in [-0.1, -0.05) is 15.9 Å². The fourth-order valence-electron chi connectivity index (χ4n) is 2.33. The summed E-state index contributed by atoms with van der Waals surface area (Å²) >= 11 is 3.51. The highest BCUT2D eigenvalue weighted by molar-refractivity contribution is 9.10. The maximum atomic E-state index is 5.20. The quantitative estimate of drug-likeness (QED) is 0.573. The third-order valence-corrected chi connectivity index (χ3v) is 4.51. The first-order valence-electron chi connectivity index (χ1n) is 7.29. The normalized spacial score (nSPS) is 11.1. The minimum absolute atomic E-state index is 0.849. The van der Waals surface area contributed by atoms with E-state index in [2.05, 4.69) is 38.5 Å². The summed E-state index contributed by atoms with van der Waals surface area (Å²) < 4.78 is 8.39. The van der Waals surface area contributed by atoms with Gasteiger partial charge in [-0.25, -0.2) is 0 Å². The standard InChI is InChI=1S/C19H17BrN2O/c1-14-12-15(5-10-19(14)20)21-13-17-4-3-11-22(17)16-6-8-18(23-2)9-7-16/h3-13H,1-2H3. The maximum absolute atomic E-state index is 5.20. The molecule has 0 spiro atoms. The zero-order valence-electron chi connectivity index (χ0n) is 13.0. The van der Waals surface area contributed by atoms with Crippen LogP contribution >= 0.6 is 15.9 Å². The summed E-state index contributed by atoms with van der Waals surface area (Å²) in [6.07, 6.45) is 3.91. The number of benzene rings is 2. The van der Waals surface area contributed by atoms with Crippen LogP contribution in [0.1, 0.15) is 11.3 Å². The van der Waals surface area contributed by atoms with Gasteiger partial charge in [0.05, 0.1) is 24.7 Å². The highest BCUT2D eigenvalue weighted by atomic mass is 79.9. The van der Waals surface area contributed by atoms with Crippen molar-refractivity contribution in [1.29, 1.82) is 0 Å². The van der Waals surface area contributed by atoms with Crippen LogP contribution in [0.4, 0.5) is 5.69 Å². The Hall–Kier alpha value is -2.33. The van der Waals surface area contributed by atoms with E-state index in [1.165, 1.54) is 5.56 Å². The molecule has 3 aromatic rings. The number of rotatable bonds is 4. The van der Waals surface area contributed by atoms with Gasteiger partial charge in [-0.05, 0) is 67.1 Å². The number of nitrogens with zero attached hydrogens (tertiary/aromatic N) is 2. The average molecular weight is 369 g/mol. The van der Waals surface area contributed by atoms with Crippen molar-refractivity contribution in [2.24, 2.45) is 4.99 Å². The molecule has 0 unspecified atom stereocenters. The first kappa shape index (κ1) is 15.6. The Kier molecular flexibility index (Phi) is 4.63. The Balaban J connectivity index is 1.88. The van der Waals surface area contributed by atoms with E-state index in [-0.39, 0.29) is 0 Å². The summed E-state index contributed by atoms with van der Waals surface area (Å²) in [5.74, 6) is 0.849. The molecule has 4 heteroatoms. The predicted molar refractivity (Wildman–Crippen MR) is 98.5 cm³/mol. The monoisotopic (exact) mass is 368 g/mol. The molecule has 0 atom stereocenters. The van der Waals surface area contributed by atoms with E-state index in [0.29, 0.717) is 0 Å². The van der Waals surface area contributed by atoms with E-state index >= 15 is 0 Å². The number of ether oxygens (including phenoxy) is 1. The lowest BCUT2D eigenvalue weighted by molar-refractivity contribution is 0.415. The van der Waals surface area contributed by atoms with Crippen molar-refractivity contribution in [2.75, 3.05) is 7.11 Å². The summed E-state index contributed by atoms with van der Waals surface area (Å²) in [5, 5.41) is 0. The molecule has 0 radical (unpaired) electrons. The van der Waals surface area contributed by atoms with Crippen molar-refractivity contribution in [2.45, 2.75) is 6.92 Å². The van der Waals surface area contributed by atoms with Gasteiger partial charge < -0.3 is 9.30 Å². The Labute approximate surface area is 144 Å². The number of hydrogen-bond acceptors (Lipinski definition) is 2. The smallest absolute Gasteiger partial charge is 0.119 e. The highest BCUT2D eigenvalue weighted by Crippen LogP contribution is 2.22. The number of aromatic nitrogens is 1. The van der Waals surface area contributed by atoms with Crippen LogP contribution in [0, 0.1) is 6.92 Å². The molecule has 0 amide bonds. The maximum Gasteiger partial charge on any atom is 0.119 e. The Morgan fingerprint density at radius 1 is 1.09 bits per heavy atom. The van der Waals surface area contributed by atoms with Crippen LogP contribution in [0.2, 0.25) is 0 Å². The number of halogens is 1. The van der Waals surface area contributed by atoms with Crippen molar-refractivity contribution in [1.82, 2.24) is 4.57 Å². The lowest BCUT2D eigenvalue weighted by Gasteiger charge is -2.07. The van der Waals surface area contributed by atoms with Crippen molar-refractivity contribution >= 4 is 27.8 Å². The van der Waals surface area contributed by atoms with Gasteiger partial charge in [-0.3, -0.25) is 4.99 Å². The van der Waals surface area contributed by atoms with Crippen molar-refractivity contribution in [3.05, 3.63) is 76.5 Å². The number of methoxy groups -OCH3 is 1. The molecule has 0 N–H and O–H groups in total. The van der Waals surface area contributed by atoms with Crippen molar-refractivity contribution in [3.8, 4) is 11.4 Å². The number of hydrogen-bond donors (Lipinski definition) is 0. The highest BCUT2D eigenvalue weighted by Gasteiger charge is 2.02. The van der Waals surface area contributed by atoms with E-state index in [1.54, 1.807) is 7.11 Å². The first-order chi connectivity index (χ1) is 11.2. The van der Waals surface area contributed by atoms with Crippen molar-refractivity contribution < 1.29 is 4.74 Å². The molecule has 0 aliphatic rings. The van der Waals surface area contributed by atoms with Gasteiger partial charge in [0.2, 0.25) is 0 Å². The Morgan fingerprint density at radius 3 is 2.57 bits per heavy atom. The minimum atomic E-state index is 0.849. The minimum Gasteiger partial charge on any atom is -0.497 e. The molecule has 23 heavy (non-hydrogen) atoms.